The molecule has 2 unspecified atom stereocenters. The Morgan fingerprint density at radius 2 is 1.93 bits per heavy atom. The number of carbonyl (C=O) groups excluding carboxylic acids is 1. The van der Waals surface area contributed by atoms with Crippen molar-refractivity contribution in [3.63, 3.8) is 0 Å². The summed E-state index contributed by atoms with van der Waals surface area (Å²) in [4.78, 5) is 16.8. The normalized spacial score (nSPS) is 25.7. The Morgan fingerprint density at radius 3 is 2.56 bits per heavy atom. The zero-order valence-electron chi connectivity index (χ0n) is 16.3. The molecule has 0 aromatic heterocycles. The van der Waals surface area contributed by atoms with Gasteiger partial charge in [-0.25, -0.2) is 8.42 Å². The van der Waals surface area contributed by atoms with Gasteiger partial charge in [0, 0.05) is 19.1 Å². The van der Waals surface area contributed by atoms with E-state index in [-0.39, 0.29) is 29.5 Å². The summed E-state index contributed by atoms with van der Waals surface area (Å²) >= 11 is 0. The van der Waals surface area contributed by atoms with Crippen LogP contribution in [0.4, 0.5) is 0 Å². The van der Waals surface area contributed by atoms with Crippen LogP contribution in [-0.4, -0.2) is 68.9 Å². The molecule has 2 atom stereocenters. The molecule has 0 bridgehead atoms. The second-order valence-electron chi connectivity index (χ2n) is 7.67. The van der Waals surface area contributed by atoms with Crippen molar-refractivity contribution in [3.05, 3.63) is 29.8 Å². The van der Waals surface area contributed by atoms with Crippen LogP contribution < -0.4 is 4.74 Å². The van der Waals surface area contributed by atoms with E-state index in [0.29, 0.717) is 13.0 Å². The lowest BCUT2D eigenvalue weighted by Gasteiger charge is -2.32. The third-order valence-corrected chi connectivity index (χ3v) is 7.60. The summed E-state index contributed by atoms with van der Waals surface area (Å²) in [5.74, 6) is 1.12. The van der Waals surface area contributed by atoms with Crippen molar-refractivity contribution in [1.29, 1.82) is 0 Å². The van der Waals surface area contributed by atoms with Gasteiger partial charge in [0.1, 0.15) is 5.75 Å². The molecular weight excluding hydrogens is 364 g/mol. The molecule has 2 heterocycles. The van der Waals surface area contributed by atoms with E-state index >= 15 is 0 Å². The molecule has 2 fully saturated rings. The summed E-state index contributed by atoms with van der Waals surface area (Å²) in [7, 11) is 0.409. The Kier molecular flexibility index (Phi) is 6.42. The molecule has 2 saturated heterocycles. The number of hydrogen-bond acceptors (Lipinski definition) is 5. The van der Waals surface area contributed by atoms with E-state index in [2.05, 4.69) is 17.0 Å². The zero-order chi connectivity index (χ0) is 19.4. The van der Waals surface area contributed by atoms with Gasteiger partial charge in [-0.1, -0.05) is 25.0 Å². The van der Waals surface area contributed by atoms with E-state index < -0.39 is 9.84 Å². The fraction of sp³-hybridized carbons (Fsp3) is 0.650. The van der Waals surface area contributed by atoms with Crippen molar-refractivity contribution in [2.24, 2.45) is 0 Å². The number of likely N-dealkylation sites (tertiary alicyclic amines) is 1. The smallest absolute Gasteiger partial charge is 0.236 e. The number of benzene rings is 1. The maximum Gasteiger partial charge on any atom is 0.236 e. The Morgan fingerprint density at radius 1 is 1.19 bits per heavy atom. The molecule has 1 amide bonds. The average Bonchev–Trinajstić information content (AvgIpc) is 2.87. The molecule has 0 spiro atoms. The highest BCUT2D eigenvalue weighted by molar-refractivity contribution is 7.91. The number of methoxy groups -OCH3 is 1. The summed E-state index contributed by atoms with van der Waals surface area (Å²) in [5.41, 5.74) is 1.21. The number of ether oxygens (including phenoxy) is 1. The third-order valence-electron chi connectivity index (χ3n) is 5.85. The van der Waals surface area contributed by atoms with Crippen LogP contribution in [0.5, 0.6) is 5.75 Å². The SMILES string of the molecule is COc1ccc(C2CCCCCN2CC(=O)N(C)C2CCS(=O)(=O)C2)cc1. The zero-order valence-corrected chi connectivity index (χ0v) is 17.1. The molecule has 2 aliphatic rings. The number of rotatable bonds is 5. The van der Waals surface area contributed by atoms with Gasteiger partial charge in [0.15, 0.2) is 9.84 Å². The van der Waals surface area contributed by atoms with E-state index in [1.165, 1.54) is 12.0 Å². The molecule has 1 aromatic rings. The molecule has 3 rings (SSSR count). The largest absolute Gasteiger partial charge is 0.497 e. The minimum Gasteiger partial charge on any atom is -0.497 e. The number of hydrogen-bond donors (Lipinski definition) is 0. The van der Waals surface area contributed by atoms with Crippen LogP contribution in [0.2, 0.25) is 0 Å². The van der Waals surface area contributed by atoms with E-state index in [0.717, 1.165) is 31.6 Å². The second kappa shape index (κ2) is 8.61. The number of sulfone groups is 1. The van der Waals surface area contributed by atoms with Gasteiger partial charge in [0.25, 0.3) is 0 Å². The Balaban J connectivity index is 1.70. The Labute approximate surface area is 162 Å². The van der Waals surface area contributed by atoms with Crippen LogP contribution in [0.1, 0.15) is 43.7 Å². The van der Waals surface area contributed by atoms with E-state index in [1.54, 1.807) is 19.1 Å². The van der Waals surface area contributed by atoms with Gasteiger partial charge < -0.3 is 9.64 Å². The van der Waals surface area contributed by atoms with Crippen molar-refractivity contribution >= 4 is 15.7 Å². The maximum atomic E-state index is 12.9. The second-order valence-corrected chi connectivity index (χ2v) is 9.90. The van der Waals surface area contributed by atoms with Crippen LogP contribution in [0.15, 0.2) is 24.3 Å². The quantitative estimate of drug-likeness (QED) is 0.766. The van der Waals surface area contributed by atoms with E-state index in [4.69, 9.17) is 4.74 Å². The first-order valence-corrected chi connectivity index (χ1v) is 11.6. The molecular formula is C20H30N2O4S. The van der Waals surface area contributed by atoms with Crippen molar-refractivity contribution in [1.82, 2.24) is 9.80 Å². The molecule has 0 aliphatic carbocycles. The molecule has 27 heavy (non-hydrogen) atoms. The fourth-order valence-corrected chi connectivity index (χ4v) is 5.90. The lowest BCUT2D eigenvalue weighted by molar-refractivity contribution is -0.133. The predicted octanol–water partition coefficient (Wildman–Crippen LogP) is 2.26. The molecule has 0 N–H and O–H groups in total. The topological polar surface area (TPSA) is 66.9 Å². The van der Waals surface area contributed by atoms with Crippen LogP contribution in [0.25, 0.3) is 0 Å². The van der Waals surface area contributed by atoms with Crippen LogP contribution in [-0.2, 0) is 14.6 Å². The van der Waals surface area contributed by atoms with Gasteiger partial charge in [-0.3, -0.25) is 9.69 Å². The monoisotopic (exact) mass is 394 g/mol. The number of likely N-dealkylation sites (N-methyl/N-ethyl adjacent to an activating group) is 1. The van der Waals surface area contributed by atoms with Gasteiger partial charge in [-0.15, -0.1) is 0 Å². The van der Waals surface area contributed by atoms with Crippen molar-refractivity contribution in [3.8, 4) is 5.75 Å². The lowest BCUT2D eigenvalue weighted by Crippen LogP contribution is -2.44. The summed E-state index contributed by atoms with van der Waals surface area (Å²) < 4.78 is 28.7. The summed E-state index contributed by atoms with van der Waals surface area (Å²) in [5, 5.41) is 0. The van der Waals surface area contributed by atoms with Gasteiger partial charge >= 0.3 is 0 Å². The molecule has 2 aliphatic heterocycles. The number of amides is 1. The van der Waals surface area contributed by atoms with Gasteiger partial charge in [-0.2, -0.15) is 0 Å². The molecule has 150 valence electrons. The fourth-order valence-electron chi connectivity index (χ4n) is 4.13. The first-order valence-electron chi connectivity index (χ1n) is 9.74. The molecule has 0 saturated carbocycles. The summed E-state index contributed by atoms with van der Waals surface area (Å²) in [6, 6.07) is 8.13. The van der Waals surface area contributed by atoms with Crippen LogP contribution >= 0.6 is 0 Å². The molecule has 1 aromatic carbocycles. The van der Waals surface area contributed by atoms with Gasteiger partial charge in [0.2, 0.25) is 5.91 Å². The van der Waals surface area contributed by atoms with Crippen molar-refractivity contribution < 1.29 is 17.9 Å². The minimum absolute atomic E-state index is 0.0116. The van der Waals surface area contributed by atoms with E-state index in [9.17, 15) is 13.2 Å². The summed E-state index contributed by atoms with van der Waals surface area (Å²) in [6.07, 6.45) is 4.99. The predicted molar refractivity (Wildman–Crippen MR) is 106 cm³/mol. The average molecular weight is 395 g/mol. The Bertz CT molecular complexity index is 748. The molecule has 7 heteroatoms. The maximum absolute atomic E-state index is 12.9. The standard InChI is InChI=1S/C20H30N2O4S/c1-21(17-11-13-27(24,25)15-17)20(23)14-22-12-5-3-4-6-19(22)16-7-9-18(26-2)10-8-16/h7-10,17,19H,3-6,11-15H2,1-2H3. The molecule has 0 radical (unpaired) electrons. The summed E-state index contributed by atoms with van der Waals surface area (Å²) in [6.45, 7) is 1.23. The Hall–Kier alpha value is -1.60. The van der Waals surface area contributed by atoms with E-state index in [1.807, 2.05) is 12.1 Å². The van der Waals surface area contributed by atoms with Gasteiger partial charge in [-0.05, 0) is 43.5 Å². The third kappa shape index (κ3) is 5.02. The first-order chi connectivity index (χ1) is 12.9. The number of nitrogens with zero attached hydrogens (tertiary/aromatic N) is 2. The lowest BCUT2D eigenvalue weighted by atomic mass is 10.0. The first kappa shape index (κ1) is 20.1. The highest BCUT2D eigenvalue weighted by Gasteiger charge is 2.34. The minimum atomic E-state index is -2.99. The molecule has 6 nitrogen and oxygen atoms in total. The highest BCUT2D eigenvalue weighted by Crippen LogP contribution is 2.31. The van der Waals surface area contributed by atoms with Crippen molar-refractivity contribution in [2.45, 2.75) is 44.2 Å². The van der Waals surface area contributed by atoms with Crippen LogP contribution in [0.3, 0.4) is 0 Å². The van der Waals surface area contributed by atoms with Crippen molar-refractivity contribution in [2.75, 3.05) is 38.8 Å². The van der Waals surface area contributed by atoms with Crippen LogP contribution in [0, 0.1) is 0 Å². The highest BCUT2D eigenvalue weighted by atomic mass is 32.2. The van der Waals surface area contributed by atoms with Gasteiger partial charge in [0.05, 0.1) is 25.2 Å². The number of carbonyl (C=O) groups is 1.